The van der Waals surface area contributed by atoms with Gasteiger partial charge in [0.05, 0.1) is 17.9 Å². The summed E-state index contributed by atoms with van der Waals surface area (Å²) in [6.07, 6.45) is 9.09. The van der Waals surface area contributed by atoms with E-state index in [0.29, 0.717) is 6.04 Å². The lowest BCUT2D eigenvalue weighted by atomic mass is 9.83. The van der Waals surface area contributed by atoms with Crippen LogP contribution in [0.5, 0.6) is 0 Å². The van der Waals surface area contributed by atoms with E-state index in [1.165, 1.54) is 37.8 Å². The zero-order valence-electron chi connectivity index (χ0n) is 11.5. The fraction of sp³-hybridized carbons (Fsp3) is 0.857. The van der Waals surface area contributed by atoms with Crippen LogP contribution in [-0.4, -0.2) is 22.0 Å². The Kier molecular flexibility index (Phi) is 3.37. The van der Waals surface area contributed by atoms with Gasteiger partial charge in [0.15, 0.2) is 0 Å². The molecular formula is C14H24N4. The highest BCUT2D eigenvalue weighted by Crippen LogP contribution is 2.50. The lowest BCUT2D eigenvalue weighted by Crippen LogP contribution is -2.25. The van der Waals surface area contributed by atoms with Gasteiger partial charge in [-0.05, 0) is 57.4 Å². The maximum atomic E-state index is 4.15. The van der Waals surface area contributed by atoms with E-state index in [0.717, 1.165) is 24.3 Å². The van der Waals surface area contributed by atoms with Crippen LogP contribution in [0.15, 0.2) is 6.20 Å². The summed E-state index contributed by atoms with van der Waals surface area (Å²) >= 11 is 0. The fourth-order valence-corrected chi connectivity index (χ4v) is 4.14. The summed E-state index contributed by atoms with van der Waals surface area (Å²) in [5.41, 5.74) is 1.25. The highest BCUT2D eigenvalue weighted by molar-refractivity contribution is 5.04. The molecule has 2 fully saturated rings. The van der Waals surface area contributed by atoms with Gasteiger partial charge in [0.2, 0.25) is 0 Å². The van der Waals surface area contributed by atoms with Crippen molar-refractivity contribution in [3.8, 4) is 0 Å². The third kappa shape index (κ3) is 2.07. The Hall–Kier alpha value is -0.900. The van der Waals surface area contributed by atoms with Crippen LogP contribution in [0.2, 0.25) is 0 Å². The molecule has 1 aromatic rings. The average molecular weight is 248 g/mol. The van der Waals surface area contributed by atoms with E-state index in [-0.39, 0.29) is 0 Å². The van der Waals surface area contributed by atoms with Crippen LogP contribution in [0.3, 0.4) is 0 Å². The Morgan fingerprint density at radius 2 is 2.33 bits per heavy atom. The second-order valence-corrected chi connectivity index (χ2v) is 5.99. The van der Waals surface area contributed by atoms with Crippen molar-refractivity contribution in [2.45, 2.75) is 51.6 Å². The van der Waals surface area contributed by atoms with E-state index in [2.05, 4.69) is 29.6 Å². The van der Waals surface area contributed by atoms with E-state index in [9.17, 15) is 0 Å². The molecule has 2 saturated carbocycles. The largest absolute Gasteiger partial charge is 0.312 e. The van der Waals surface area contributed by atoms with Crippen LogP contribution < -0.4 is 5.32 Å². The van der Waals surface area contributed by atoms with Crippen LogP contribution in [0, 0.1) is 17.8 Å². The molecule has 18 heavy (non-hydrogen) atoms. The van der Waals surface area contributed by atoms with Gasteiger partial charge >= 0.3 is 0 Å². The second-order valence-electron chi connectivity index (χ2n) is 5.99. The molecule has 3 rings (SSSR count). The number of nitrogens with one attached hydrogen (secondary N) is 1. The summed E-state index contributed by atoms with van der Waals surface area (Å²) in [4.78, 5) is 0. The molecular weight excluding hydrogens is 224 g/mol. The Labute approximate surface area is 109 Å². The van der Waals surface area contributed by atoms with Crippen molar-refractivity contribution in [1.29, 1.82) is 0 Å². The standard InChI is InChI=1S/C14H24N4/c1-3-18-14(9-16-17-18)13(15-2)8-12-7-10-4-5-11(12)6-10/h9-13,15H,3-8H2,1-2H3. The van der Waals surface area contributed by atoms with Gasteiger partial charge in [-0.1, -0.05) is 11.6 Å². The van der Waals surface area contributed by atoms with E-state index in [4.69, 9.17) is 0 Å². The van der Waals surface area contributed by atoms with Crippen molar-refractivity contribution in [2.75, 3.05) is 7.05 Å². The second kappa shape index (κ2) is 5.00. The van der Waals surface area contributed by atoms with Gasteiger partial charge in [-0.25, -0.2) is 4.68 Å². The quantitative estimate of drug-likeness (QED) is 0.870. The molecule has 100 valence electrons. The lowest BCUT2D eigenvalue weighted by molar-refractivity contribution is 0.279. The summed E-state index contributed by atoms with van der Waals surface area (Å²) in [7, 11) is 2.06. The first kappa shape index (κ1) is 12.2. The minimum Gasteiger partial charge on any atom is -0.312 e. The van der Waals surface area contributed by atoms with Crippen molar-refractivity contribution in [3.05, 3.63) is 11.9 Å². The van der Waals surface area contributed by atoms with Crippen molar-refractivity contribution >= 4 is 0 Å². The Bertz CT molecular complexity index is 400. The van der Waals surface area contributed by atoms with Crippen LogP contribution in [0.25, 0.3) is 0 Å². The molecule has 0 aromatic carbocycles. The highest BCUT2D eigenvalue weighted by Gasteiger charge is 2.40. The zero-order chi connectivity index (χ0) is 12.5. The number of aromatic nitrogens is 3. The first-order valence-corrected chi connectivity index (χ1v) is 7.37. The van der Waals surface area contributed by atoms with Gasteiger partial charge in [0.25, 0.3) is 0 Å². The topological polar surface area (TPSA) is 42.7 Å². The van der Waals surface area contributed by atoms with Crippen LogP contribution in [0.4, 0.5) is 0 Å². The molecule has 0 spiro atoms. The summed E-state index contributed by atoms with van der Waals surface area (Å²) in [5, 5.41) is 11.7. The third-order valence-corrected chi connectivity index (χ3v) is 5.08. The molecule has 4 nitrogen and oxygen atoms in total. The molecule has 4 heteroatoms. The summed E-state index contributed by atoms with van der Waals surface area (Å²) in [5.74, 6) is 2.95. The van der Waals surface area contributed by atoms with Crippen LogP contribution in [0.1, 0.15) is 50.8 Å². The molecule has 4 unspecified atom stereocenters. The maximum Gasteiger partial charge on any atom is 0.0756 e. The number of hydrogen-bond donors (Lipinski definition) is 1. The third-order valence-electron chi connectivity index (χ3n) is 5.08. The number of hydrogen-bond acceptors (Lipinski definition) is 3. The predicted molar refractivity (Wildman–Crippen MR) is 71.1 cm³/mol. The van der Waals surface area contributed by atoms with Crippen molar-refractivity contribution in [1.82, 2.24) is 20.3 Å². The Morgan fingerprint density at radius 1 is 1.44 bits per heavy atom. The molecule has 1 aromatic heterocycles. The van der Waals surface area contributed by atoms with E-state index in [1.54, 1.807) is 0 Å². The molecule has 2 bridgehead atoms. The van der Waals surface area contributed by atoms with Crippen molar-refractivity contribution in [2.24, 2.45) is 17.8 Å². The molecule has 2 aliphatic carbocycles. The zero-order valence-corrected chi connectivity index (χ0v) is 11.5. The molecule has 0 amide bonds. The van der Waals surface area contributed by atoms with Crippen LogP contribution >= 0.6 is 0 Å². The van der Waals surface area contributed by atoms with Crippen molar-refractivity contribution in [3.63, 3.8) is 0 Å². The first-order valence-electron chi connectivity index (χ1n) is 7.37. The Balaban J connectivity index is 1.69. The van der Waals surface area contributed by atoms with Crippen LogP contribution in [-0.2, 0) is 6.54 Å². The predicted octanol–water partition coefficient (Wildman–Crippen LogP) is 2.38. The number of nitrogens with zero attached hydrogens (tertiary/aromatic N) is 3. The van der Waals surface area contributed by atoms with Gasteiger partial charge in [-0.3, -0.25) is 0 Å². The maximum absolute atomic E-state index is 4.15. The normalized spacial score (nSPS) is 32.0. The molecule has 0 saturated heterocycles. The fourth-order valence-electron chi connectivity index (χ4n) is 4.14. The molecule has 0 aliphatic heterocycles. The smallest absolute Gasteiger partial charge is 0.0756 e. The monoisotopic (exact) mass is 248 g/mol. The van der Waals surface area contributed by atoms with E-state index in [1.807, 2.05) is 10.9 Å². The summed E-state index contributed by atoms with van der Waals surface area (Å²) < 4.78 is 2.02. The lowest BCUT2D eigenvalue weighted by Gasteiger charge is -2.26. The first-order chi connectivity index (χ1) is 8.81. The van der Waals surface area contributed by atoms with Gasteiger partial charge in [-0.2, -0.15) is 0 Å². The molecule has 1 N–H and O–H groups in total. The summed E-state index contributed by atoms with van der Waals surface area (Å²) in [6, 6.07) is 0.421. The molecule has 4 atom stereocenters. The average Bonchev–Trinajstić information content (AvgIpc) is 3.10. The highest BCUT2D eigenvalue weighted by atomic mass is 15.4. The van der Waals surface area contributed by atoms with E-state index >= 15 is 0 Å². The minimum absolute atomic E-state index is 0.421. The van der Waals surface area contributed by atoms with Gasteiger partial charge in [-0.15, -0.1) is 5.10 Å². The van der Waals surface area contributed by atoms with Gasteiger partial charge in [0, 0.05) is 6.54 Å². The number of rotatable bonds is 5. The minimum atomic E-state index is 0.421. The van der Waals surface area contributed by atoms with Crippen molar-refractivity contribution < 1.29 is 0 Å². The number of aryl methyl sites for hydroxylation is 1. The molecule has 1 heterocycles. The molecule has 2 aliphatic rings. The Morgan fingerprint density at radius 3 is 2.94 bits per heavy atom. The number of fused-ring (bicyclic) bond motifs is 2. The SMILES string of the molecule is CCn1nncc1C(CC1CC2CCC1C2)NC. The summed E-state index contributed by atoms with van der Waals surface area (Å²) in [6.45, 7) is 3.03. The van der Waals surface area contributed by atoms with Gasteiger partial charge < -0.3 is 5.32 Å². The van der Waals surface area contributed by atoms with Gasteiger partial charge in [0.1, 0.15) is 0 Å². The molecule has 0 radical (unpaired) electrons. The van der Waals surface area contributed by atoms with E-state index < -0.39 is 0 Å².